The van der Waals surface area contributed by atoms with E-state index in [2.05, 4.69) is 37.5 Å². The minimum atomic E-state index is 0.156. The monoisotopic (exact) mass is 264 g/mol. The number of imidazole rings is 1. The molecule has 0 spiro atoms. The van der Waals surface area contributed by atoms with E-state index in [9.17, 15) is 0 Å². The van der Waals surface area contributed by atoms with Gasteiger partial charge in [0, 0.05) is 19.2 Å². The third-order valence-corrected chi connectivity index (χ3v) is 2.93. The lowest BCUT2D eigenvalue weighted by molar-refractivity contribution is 0.278. The van der Waals surface area contributed by atoms with Crippen LogP contribution in [0.15, 0.2) is 6.33 Å². The molecule has 0 aliphatic rings. The zero-order chi connectivity index (χ0) is 13.7. The molecule has 7 nitrogen and oxygen atoms in total. The van der Waals surface area contributed by atoms with Crippen molar-refractivity contribution in [2.45, 2.75) is 32.7 Å². The Bertz CT molecular complexity index is 526. The number of nitrogens with one attached hydrogen (secondary N) is 3. The molecule has 0 bridgehead atoms. The van der Waals surface area contributed by atoms with Crippen LogP contribution in [-0.2, 0) is 0 Å². The van der Waals surface area contributed by atoms with E-state index in [0.717, 1.165) is 24.3 Å². The maximum atomic E-state index is 9.05. The zero-order valence-corrected chi connectivity index (χ0v) is 11.3. The highest BCUT2D eigenvalue weighted by Crippen LogP contribution is 2.20. The van der Waals surface area contributed by atoms with Gasteiger partial charge in [-0.2, -0.15) is 9.97 Å². The third-order valence-electron chi connectivity index (χ3n) is 2.93. The molecule has 0 saturated carbocycles. The number of anilines is 2. The Balaban J connectivity index is 2.31. The van der Waals surface area contributed by atoms with E-state index in [1.165, 1.54) is 0 Å². The number of H-pyrrole nitrogens is 1. The van der Waals surface area contributed by atoms with E-state index >= 15 is 0 Å². The Hall–Kier alpha value is -1.89. The average Bonchev–Trinajstić information content (AvgIpc) is 2.87. The van der Waals surface area contributed by atoms with Crippen molar-refractivity contribution in [3.8, 4) is 0 Å². The molecule has 1 atom stereocenters. The first-order chi connectivity index (χ1) is 9.28. The maximum Gasteiger partial charge on any atom is 0.226 e. The van der Waals surface area contributed by atoms with Crippen LogP contribution < -0.4 is 10.6 Å². The highest BCUT2D eigenvalue weighted by molar-refractivity contribution is 5.83. The van der Waals surface area contributed by atoms with Gasteiger partial charge in [-0.15, -0.1) is 0 Å². The number of fused-ring (bicyclic) bond motifs is 1. The second-order valence-electron chi connectivity index (χ2n) is 4.29. The molecule has 0 aliphatic heterocycles. The van der Waals surface area contributed by atoms with Crippen LogP contribution in [0.3, 0.4) is 0 Å². The van der Waals surface area contributed by atoms with Crippen molar-refractivity contribution in [1.82, 2.24) is 19.9 Å². The van der Waals surface area contributed by atoms with Crippen molar-refractivity contribution in [3.63, 3.8) is 0 Å². The van der Waals surface area contributed by atoms with E-state index < -0.39 is 0 Å². The molecule has 0 radical (unpaired) electrons. The van der Waals surface area contributed by atoms with E-state index in [0.29, 0.717) is 18.0 Å². The SMILES string of the molecule is CCNc1nc(NC(CC)CCO)c2[nH]cnc2n1. The summed E-state index contributed by atoms with van der Waals surface area (Å²) in [4.78, 5) is 16.0. The van der Waals surface area contributed by atoms with Gasteiger partial charge in [0.1, 0.15) is 5.52 Å². The molecule has 2 aromatic heterocycles. The van der Waals surface area contributed by atoms with Crippen molar-refractivity contribution < 1.29 is 5.11 Å². The Kier molecular flexibility index (Phi) is 4.51. The van der Waals surface area contributed by atoms with Gasteiger partial charge in [-0.25, -0.2) is 4.98 Å². The van der Waals surface area contributed by atoms with Crippen molar-refractivity contribution in [2.75, 3.05) is 23.8 Å². The Morgan fingerprint density at radius 1 is 1.37 bits per heavy atom. The van der Waals surface area contributed by atoms with E-state index in [4.69, 9.17) is 5.11 Å². The molecule has 7 heteroatoms. The highest BCUT2D eigenvalue weighted by Gasteiger charge is 2.13. The van der Waals surface area contributed by atoms with Crippen LogP contribution in [0.2, 0.25) is 0 Å². The summed E-state index contributed by atoms with van der Waals surface area (Å²) in [5.41, 5.74) is 1.42. The van der Waals surface area contributed by atoms with Crippen LogP contribution in [0.4, 0.5) is 11.8 Å². The lowest BCUT2D eigenvalue weighted by atomic mass is 10.1. The van der Waals surface area contributed by atoms with Crippen LogP contribution in [0, 0.1) is 0 Å². The van der Waals surface area contributed by atoms with E-state index in [-0.39, 0.29) is 12.6 Å². The smallest absolute Gasteiger partial charge is 0.226 e. The first kappa shape index (κ1) is 13.5. The summed E-state index contributed by atoms with van der Waals surface area (Å²) in [5.74, 6) is 1.28. The molecule has 104 valence electrons. The van der Waals surface area contributed by atoms with Gasteiger partial charge in [0.15, 0.2) is 11.5 Å². The van der Waals surface area contributed by atoms with Crippen molar-refractivity contribution in [3.05, 3.63) is 6.33 Å². The zero-order valence-electron chi connectivity index (χ0n) is 11.3. The third kappa shape index (κ3) is 3.11. The fraction of sp³-hybridized carbons (Fsp3) is 0.583. The largest absolute Gasteiger partial charge is 0.396 e. The molecule has 0 saturated heterocycles. The number of aliphatic hydroxyl groups excluding tert-OH is 1. The van der Waals surface area contributed by atoms with Crippen LogP contribution in [0.25, 0.3) is 11.2 Å². The van der Waals surface area contributed by atoms with Gasteiger partial charge in [-0.05, 0) is 19.8 Å². The summed E-state index contributed by atoms with van der Waals surface area (Å²) in [6, 6.07) is 0.181. The fourth-order valence-corrected chi connectivity index (χ4v) is 1.90. The lowest BCUT2D eigenvalue weighted by Crippen LogP contribution is -2.21. The number of hydrogen-bond acceptors (Lipinski definition) is 6. The maximum absolute atomic E-state index is 9.05. The quantitative estimate of drug-likeness (QED) is 0.602. The number of aliphatic hydroxyl groups is 1. The van der Waals surface area contributed by atoms with Crippen LogP contribution >= 0.6 is 0 Å². The minimum absolute atomic E-state index is 0.156. The summed E-state index contributed by atoms with van der Waals surface area (Å²) in [6.45, 7) is 4.97. The Morgan fingerprint density at radius 3 is 2.89 bits per heavy atom. The van der Waals surface area contributed by atoms with Crippen LogP contribution in [-0.4, -0.2) is 44.2 Å². The first-order valence-electron chi connectivity index (χ1n) is 6.60. The Labute approximate surface area is 111 Å². The molecule has 0 aromatic carbocycles. The lowest BCUT2D eigenvalue weighted by Gasteiger charge is -2.17. The molecule has 0 amide bonds. The molecule has 0 aliphatic carbocycles. The molecule has 0 fully saturated rings. The number of aromatic nitrogens is 4. The summed E-state index contributed by atoms with van der Waals surface area (Å²) in [6.07, 6.45) is 3.21. The van der Waals surface area contributed by atoms with Gasteiger partial charge in [-0.1, -0.05) is 6.92 Å². The van der Waals surface area contributed by atoms with E-state index in [1.807, 2.05) is 6.92 Å². The van der Waals surface area contributed by atoms with Gasteiger partial charge in [0.05, 0.1) is 6.33 Å². The predicted octanol–water partition coefficient (Wildman–Crippen LogP) is 1.36. The van der Waals surface area contributed by atoms with Gasteiger partial charge in [-0.3, -0.25) is 0 Å². The fourth-order valence-electron chi connectivity index (χ4n) is 1.90. The van der Waals surface area contributed by atoms with Gasteiger partial charge >= 0.3 is 0 Å². The molecule has 2 heterocycles. The van der Waals surface area contributed by atoms with E-state index in [1.54, 1.807) is 6.33 Å². The van der Waals surface area contributed by atoms with Crippen LogP contribution in [0.5, 0.6) is 0 Å². The van der Waals surface area contributed by atoms with Crippen molar-refractivity contribution in [2.24, 2.45) is 0 Å². The number of nitrogens with zero attached hydrogens (tertiary/aromatic N) is 3. The first-order valence-corrected chi connectivity index (χ1v) is 6.60. The summed E-state index contributed by atoms with van der Waals surface area (Å²) in [7, 11) is 0. The van der Waals surface area contributed by atoms with Crippen LogP contribution in [0.1, 0.15) is 26.7 Å². The Morgan fingerprint density at radius 2 is 2.21 bits per heavy atom. The number of rotatable bonds is 7. The molecule has 4 N–H and O–H groups in total. The molecule has 19 heavy (non-hydrogen) atoms. The standard InChI is InChI=1S/C12H20N6O/c1-3-8(5-6-19)16-11-9-10(15-7-14-9)17-12(18-11)13-4-2/h7-8,19H,3-6H2,1-2H3,(H3,13,14,15,16,17,18). The molecular weight excluding hydrogens is 244 g/mol. The summed E-state index contributed by atoms with van der Waals surface area (Å²) < 4.78 is 0. The van der Waals surface area contributed by atoms with Crippen molar-refractivity contribution >= 4 is 22.9 Å². The second-order valence-corrected chi connectivity index (χ2v) is 4.29. The normalized spacial score (nSPS) is 12.6. The summed E-state index contributed by atoms with van der Waals surface area (Å²) in [5, 5.41) is 15.5. The highest BCUT2D eigenvalue weighted by atomic mass is 16.3. The molecule has 1 unspecified atom stereocenters. The topological polar surface area (TPSA) is 98.8 Å². The second kappa shape index (κ2) is 6.33. The molecule has 2 rings (SSSR count). The minimum Gasteiger partial charge on any atom is -0.396 e. The average molecular weight is 264 g/mol. The van der Waals surface area contributed by atoms with Gasteiger partial charge in [0.25, 0.3) is 0 Å². The molecular formula is C12H20N6O. The van der Waals surface area contributed by atoms with Gasteiger partial charge in [0.2, 0.25) is 5.95 Å². The summed E-state index contributed by atoms with van der Waals surface area (Å²) >= 11 is 0. The van der Waals surface area contributed by atoms with Gasteiger partial charge < -0.3 is 20.7 Å². The molecule has 2 aromatic rings. The predicted molar refractivity (Wildman–Crippen MR) is 75.3 cm³/mol. The van der Waals surface area contributed by atoms with Crippen molar-refractivity contribution in [1.29, 1.82) is 0 Å². The number of hydrogen-bond donors (Lipinski definition) is 4. The number of aromatic amines is 1.